The van der Waals surface area contributed by atoms with Gasteiger partial charge in [0, 0.05) is 35.1 Å². The summed E-state index contributed by atoms with van der Waals surface area (Å²) in [5.41, 5.74) is 0. The van der Waals surface area contributed by atoms with Crippen molar-refractivity contribution in [3.63, 3.8) is 0 Å². The number of sulfonamides is 1. The molecule has 0 aliphatic rings. The van der Waals surface area contributed by atoms with E-state index in [4.69, 9.17) is 0 Å². The third-order valence-corrected chi connectivity index (χ3v) is 6.60. The van der Waals surface area contributed by atoms with Crippen molar-refractivity contribution < 1.29 is 25.4 Å². The molecular formula is C11H16FNO5S3. The molecule has 1 aromatic rings. The molecule has 0 fully saturated rings. The lowest BCUT2D eigenvalue weighted by Gasteiger charge is -2.12. The van der Waals surface area contributed by atoms with Crippen molar-refractivity contribution >= 4 is 30.7 Å². The van der Waals surface area contributed by atoms with Crippen LogP contribution in [0.4, 0.5) is 4.39 Å². The van der Waals surface area contributed by atoms with Crippen molar-refractivity contribution in [2.75, 3.05) is 19.1 Å². The molecule has 2 atom stereocenters. The van der Waals surface area contributed by atoms with Crippen LogP contribution < -0.4 is 4.72 Å². The van der Waals surface area contributed by atoms with Gasteiger partial charge in [0.25, 0.3) is 0 Å². The highest BCUT2D eigenvalue weighted by Crippen LogP contribution is 2.19. The quantitative estimate of drug-likeness (QED) is 0.737. The second-order valence-corrected chi connectivity index (χ2v) is 10.1. The van der Waals surface area contributed by atoms with Gasteiger partial charge in [-0.2, -0.15) is 0 Å². The standard InChI is InChI=1S/C11H16FNO5S3/c1-8(19(2)14)7-13-21(17,18)11-6-9(20(3,15)16)4-5-10(11)12/h4-6,8,13H,7H2,1-3H3. The summed E-state index contributed by atoms with van der Waals surface area (Å²) in [5, 5.41) is -0.457. The minimum atomic E-state index is -4.23. The first-order valence-corrected chi connectivity index (χ1v) is 10.8. The molecule has 0 saturated carbocycles. The fourth-order valence-corrected chi connectivity index (χ4v) is 3.72. The molecular weight excluding hydrogens is 341 g/mol. The molecule has 0 aromatic heterocycles. The van der Waals surface area contributed by atoms with Gasteiger partial charge in [0.15, 0.2) is 9.84 Å². The molecule has 0 aliphatic carbocycles. The van der Waals surface area contributed by atoms with Crippen LogP contribution in [0.25, 0.3) is 0 Å². The van der Waals surface area contributed by atoms with E-state index in [-0.39, 0.29) is 11.4 Å². The zero-order valence-electron chi connectivity index (χ0n) is 11.7. The van der Waals surface area contributed by atoms with E-state index in [1.165, 1.54) is 6.26 Å². The summed E-state index contributed by atoms with van der Waals surface area (Å²) in [7, 11) is -9.12. The molecule has 10 heteroatoms. The van der Waals surface area contributed by atoms with E-state index in [0.29, 0.717) is 0 Å². The van der Waals surface area contributed by atoms with E-state index in [1.54, 1.807) is 6.92 Å². The van der Waals surface area contributed by atoms with Gasteiger partial charge < -0.3 is 0 Å². The van der Waals surface area contributed by atoms with Crippen molar-refractivity contribution in [1.29, 1.82) is 0 Å². The molecule has 0 spiro atoms. The number of benzene rings is 1. The van der Waals surface area contributed by atoms with E-state index in [0.717, 1.165) is 24.5 Å². The third-order valence-electron chi connectivity index (χ3n) is 2.75. The zero-order valence-corrected chi connectivity index (χ0v) is 14.1. The first kappa shape index (κ1) is 18.2. The Bertz CT molecular complexity index is 758. The van der Waals surface area contributed by atoms with Crippen LogP contribution >= 0.6 is 0 Å². The minimum Gasteiger partial charge on any atom is -0.260 e. The third kappa shape index (κ3) is 4.83. The second-order valence-electron chi connectivity index (χ2n) is 4.53. The van der Waals surface area contributed by atoms with Crippen LogP contribution in [0.15, 0.2) is 28.0 Å². The Morgan fingerprint density at radius 3 is 2.33 bits per heavy atom. The number of hydrogen-bond acceptors (Lipinski definition) is 5. The van der Waals surface area contributed by atoms with Crippen LogP contribution in [0.3, 0.4) is 0 Å². The van der Waals surface area contributed by atoms with Crippen LogP contribution in [0.5, 0.6) is 0 Å². The first-order chi connectivity index (χ1) is 9.45. The van der Waals surface area contributed by atoms with E-state index >= 15 is 0 Å². The Balaban J connectivity index is 3.17. The molecule has 1 aromatic carbocycles. The zero-order chi connectivity index (χ0) is 16.4. The molecule has 21 heavy (non-hydrogen) atoms. The molecule has 120 valence electrons. The SMILES string of the molecule is CC(CNS(=O)(=O)c1cc(S(C)(=O)=O)ccc1F)S(C)=O. The highest BCUT2D eigenvalue weighted by Gasteiger charge is 2.22. The molecule has 0 saturated heterocycles. The summed E-state index contributed by atoms with van der Waals surface area (Å²) >= 11 is 0. The van der Waals surface area contributed by atoms with Gasteiger partial charge in [-0.1, -0.05) is 0 Å². The first-order valence-electron chi connectivity index (χ1n) is 5.76. The van der Waals surface area contributed by atoms with Crippen LogP contribution in [-0.4, -0.2) is 45.4 Å². The topological polar surface area (TPSA) is 97.4 Å². The predicted molar refractivity (Wildman–Crippen MR) is 78.2 cm³/mol. The Morgan fingerprint density at radius 2 is 1.86 bits per heavy atom. The number of sulfone groups is 1. The Morgan fingerprint density at radius 1 is 1.29 bits per heavy atom. The normalized spacial score (nSPS) is 15.6. The van der Waals surface area contributed by atoms with Gasteiger partial charge in [-0.15, -0.1) is 0 Å². The Hall–Kier alpha value is -0.840. The highest BCUT2D eigenvalue weighted by atomic mass is 32.2. The van der Waals surface area contributed by atoms with Crippen molar-refractivity contribution in [2.24, 2.45) is 0 Å². The number of halogens is 1. The van der Waals surface area contributed by atoms with Crippen molar-refractivity contribution in [3.8, 4) is 0 Å². The molecule has 0 amide bonds. The summed E-state index contributed by atoms with van der Waals surface area (Å²) in [4.78, 5) is -1.05. The van der Waals surface area contributed by atoms with E-state index < -0.39 is 46.6 Å². The van der Waals surface area contributed by atoms with Gasteiger partial charge in [-0.25, -0.2) is 25.9 Å². The van der Waals surface area contributed by atoms with Crippen molar-refractivity contribution in [1.82, 2.24) is 4.72 Å². The van der Waals surface area contributed by atoms with E-state index in [2.05, 4.69) is 4.72 Å². The largest absolute Gasteiger partial charge is 0.260 e. The lowest BCUT2D eigenvalue weighted by molar-refractivity contribution is 0.554. The number of nitrogens with one attached hydrogen (secondary N) is 1. The van der Waals surface area contributed by atoms with Gasteiger partial charge >= 0.3 is 0 Å². The average molecular weight is 357 g/mol. The van der Waals surface area contributed by atoms with Crippen LogP contribution in [0.2, 0.25) is 0 Å². The van der Waals surface area contributed by atoms with Crippen LogP contribution in [-0.2, 0) is 30.7 Å². The maximum Gasteiger partial charge on any atom is 0.243 e. The summed E-state index contributed by atoms with van der Waals surface area (Å²) in [6.07, 6.45) is 2.32. The Kier molecular flexibility index (Phi) is 5.64. The van der Waals surface area contributed by atoms with Gasteiger partial charge in [0.2, 0.25) is 10.0 Å². The second kappa shape index (κ2) is 6.51. The van der Waals surface area contributed by atoms with Gasteiger partial charge in [-0.05, 0) is 25.1 Å². The molecule has 0 bridgehead atoms. The highest BCUT2D eigenvalue weighted by molar-refractivity contribution is 7.91. The molecule has 0 radical (unpaired) electrons. The monoisotopic (exact) mass is 357 g/mol. The fourth-order valence-electron chi connectivity index (χ4n) is 1.34. The van der Waals surface area contributed by atoms with Crippen molar-refractivity contribution in [2.45, 2.75) is 22.0 Å². The molecule has 1 rings (SSSR count). The molecule has 6 nitrogen and oxygen atoms in total. The molecule has 0 aliphatic heterocycles. The lowest BCUT2D eigenvalue weighted by atomic mass is 10.3. The predicted octanol–water partition coefficient (Wildman–Crippen LogP) is 0.274. The average Bonchev–Trinajstić information content (AvgIpc) is 2.34. The fraction of sp³-hybridized carbons (Fsp3) is 0.455. The minimum absolute atomic E-state index is 0.145. The molecule has 0 heterocycles. The van der Waals surface area contributed by atoms with Gasteiger partial charge in [-0.3, -0.25) is 4.21 Å². The summed E-state index contributed by atoms with van der Waals surface area (Å²) in [6, 6.07) is 2.54. The van der Waals surface area contributed by atoms with Crippen molar-refractivity contribution in [3.05, 3.63) is 24.0 Å². The van der Waals surface area contributed by atoms with Gasteiger partial charge in [0.05, 0.1) is 4.90 Å². The summed E-state index contributed by atoms with van der Waals surface area (Å²) in [5.74, 6) is -1.06. The smallest absolute Gasteiger partial charge is 0.243 e. The van der Waals surface area contributed by atoms with E-state index in [1.807, 2.05) is 0 Å². The number of hydrogen-bond donors (Lipinski definition) is 1. The number of rotatable bonds is 6. The molecule has 2 unspecified atom stereocenters. The lowest BCUT2D eigenvalue weighted by Crippen LogP contribution is -2.33. The summed E-state index contributed by atoms with van der Waals surface area (Å²) < 4.78 is 73.8. The van der Waals surface area contributed by atoms with Crippen LogP contribution in [0, 0.1) is 5.82 Å². The Labute approximate surface area is 126 Å². The maximum atomic E-state index is 13.7. The van der Waals surface area contributed by atoms with Gasteiger partial charge in [0.1, 0.15) is 10.7 Å². The summed E-state index contributed by atoms with van der Waals surface area (Å²) in [6.45, 7) is 1.43. The maximum absolute atomic E-state index is 13.7. The molecule has 1 N–H and O–H groups in total. The van der Waals surface area contributed by atoms with E-state index in [9.17, 15) is 25.4 Å². The van der Waals surface area contributed by atoms with Crippen LogP contribution in [0.1, 0.15) is 6.92 Å².